The zero-order valence-electron chi connectivity index (χ0n) is 20.2. The molecular weight excluding hydrogens is 458 g/mol. The van der Waals surface area contributed by atoms with Crippen molar-refractivity contribution < 1.29 is 14.6 Å². The molecule has 0 unspecified atom stereocenters. The molecule has 0 saturated carbocycles. The summed E-state index contributed by atoms with van der Waals surface area (Å²) in [5, 5.41) is 27.4. The van der Waals surface area contributed by atoms with Gasteiger partial charge in [0.15, 0.2) is 0 Å². The van der Waals surface area contributed by atoms with Crippen LogP contribution in [-0.2, 0) is 6.54 Å². The van der Waals surface area contributed by atoms with E-state index in [4.69, 9.17) is 9.84 Å². The Bertz CT molecular complexity index is 1430. The quantitative estimate of drug-likeness (QED) is 0.439. The van der Waals surface area contributed by atoms with Gasteiger partial charge in [0, 0.05) is 55.9 Å². The van der Waals surface area contributed by atoms with Crippen LogP contribution in [0.3, 0.4) is 0 Å². The highest BCUT2D eigenvalue weighted by molar-refractivity contribution is 5.85. The maximum atomic E-state index is 11.1. The maximum absolute atomic E-state index is 11.1. The highest BCUT2D eigenvalue weighted by Crippen LogP contribution is 2.31. The number of piperidine rings is 1. The molecule has 1 N–H and O–H groups in total. The lowest BCUT2D eigenvalue weighted by Gasteiger charge is -2.32. The number of carbonyl (C=O) groups is 1. The number of aromatic nitrogens is 4. The lowest BCUT2D eigenvalue weighted by Crippen LogP contribution is -2.34. The summed E-state index contributed by atoms with van der Waals surface area (Å²) < 4.78 is 9.25. The number of nitrogens with zero attached hydrogens (tertiary/aromatic N) is 7. The Labute approximate surface area is 208 Å². The molecule has 5 rings (SSSR count). The Kier molecular flexibility index (Phi) is 6.31. The van der Waals surface area contributed by atoms with E-state index in [2.05, 4.69) is 27.4 Å². The average Bonchev–Trinajstić information content (AvgIpc) is 3.56. The van der Waals surface area contributed by atoms with Crippen molar-refractivity contribution in [2.45, 2.75) is 25.4 Å². The van der Waals surface area contributed by atoms with Gasteiger partial charge in [0.1, 0.15) is 22.9 Å². The van der Waals surface area contributed by atoms with Crippen LogP contribution in [-0.4, -0.2) is 62.7 Å². The van der Waals surface area contributed by atoms with Gasteiger partial charge in [0.2, 0.25) is 0 Å². The normalized spacial score (nSPS) is 14.6. The first-order chi connectivity index (χ1) is 17.5. The molecule has 0 aliphatic carbocycles. The summed E-state index contributed by atoms with van der Waals surface area (Å²) in [4.78, 5) is 14.7. The van der Waals surface area contributed by atoms with E-state index < -0.39 is 6.09 Å². The average molecular weight is 486 g/mol. The van der Waals surface area contributed by atoms with Crippen molar-refractivity contribution in [2.24, 2.45) is 0 Å². The molecule has 1 aliphatic rings. The SMILES string of the molecule is COc1cc(-c2cnn(C3CCN(Cc4ccc(N(C)C(=O)O)cc4)CC3)c2)cn2ncc(C#N)c12. The van der Waals surface area contributed by atoms with Gasteiger partial charge >= 0.3 is 6.09 Å². The summed E-state index contributed by atoms with van der Waals surface area (Å²) in [6.45, 7) is 2.75. The van der Waals surface area contributed by atoms with Crippen molar-refractivity contribution in [2.75, 3.05) is 32.1 Å². The van der Waals surface area contributed by atoms with Crippen LogP contribution in [0.2, 0.25) is 0 Å². The Morgan fingerprint density at radius 2 is 1.92 bits per heavy atom. The molecule has 1 saturated heterocycles. The third kappa shape index (κ3) is 4.48. The van der Waals surface area contributed by atoms with Crippen molar-refractivity contribution in [3.8, 4) is 22.9 Å². The monoisotopic (exact) mass is 485 g/mol. The fraction of sp³-hybridized carbons (Fsp3) is 0.308. The summed E-state index contributed by atoms with van der Waals surface area (Å²) in [5.74, 6) is 0.602. The van der Waals surface area contributed by atoms with Gasteiger partial charge in [0.25, 0.3) is 0 Å². The van der Waals surface area contributed by atoms with Gasteiger partial charge in [-0.3, -0.25) is 14.5 Å². The Balaban J connectivity index is 1.23. The van der Waals surface area contributed by atoms with Crippen LogP contribution in [0.4, 0.5) is 10.5 Å². The lowest BCUT2D eigenvalue weighted by atomic mass is 10.0. The second kappa shape index (κ2) is 9.71. The minimum atomic E-state index is -0.971. The number of likely N-dealkylation sites (tertiary alicyclic amines) is 1. The van der Waals surface area contributed by atoms with Crippen LogP contribution in [0.15, 0.2) is 55.1 Å². The molecular formula is C26H27N7O3. The second-order valence-corrected chi connectivity index (χ2v) is 8.98. The number of carboxylic acid groups (broad SMARTS) is 1. The van der Waals surface area contributed by atoms with Crippen molar-refractivity contribution >= 4 is 17.3 Å². The first-order valence-corrected chi connectivity index (χ1v) is 11.7. The number of fused-ring (bicyclic) bond motifs is 1. The van der Waals surface area contributed by atoms with Crippen LogP contribution in [0.1, 0.15) is 30.0 Å². The van der Waals surface area contributed by atoms with E-state index in [1.54, 1.807) is 24.9 Å². The summed E-state index contributed by atoms with van der Waals surface area (Å²) in [7, 11) is 3.13. The van der Waals surface area contributed by atoms with Gasteiger partial charge in [-0.05, 0) is 36.6 Å². The molecule has 0 spiro atoms. The highest BCUT2D eigenvalue weighted by Gasteiger charge is 2.22. The van der Waals surface area contributed by atoms with Crippen LogP contribution in [0, 0.1) is 11.3 Å². The zero-order chi connectivity index (χ0) is 25.2. The van der Waals surface area contributed by atoms with Crippen molar-refractivity contribution in [1.82, 2.24) is 24.3 Å². The number of ether oxygens (including phenoxy) is 1. The molecule has 4 aromatic rings. The number of nitriles is 1. The molecule has 184 valence electrons. The lowest BCUT2D eigenvalue weighted by molar-refractivity contribution is 0.173. The number of amides is 1. The summed E-state index contributed by atoms with van der Waals surface area (Å²) in [5.41, 5.74) is 4.86. The molecule has 1 fully saturated rings. The summed E-state index contributed by atoms with van der Waals surface area (Å²) in [6.07, 6.45) is 8.37. The number of methoxy groups -OCH3 is 1. The van der Waals surface area contributed by atoms with E-state index in [1.165, 1.54) is 10.5 Å². The fourth-order valence-corrected chi connectivity index (χ4v) is 4.70. The molecule has 3 aromatic heterocycles. The molecule has 1 aliphatic heterocycles. The number of rotatable bonds is 6. The molecule has 0 radical (unpaired) electrons. The van der Waals surface area contributed by atoms with Crippen molar-refractivity contribution in [1.29, 1.82) is 5.26 Å². The van der Waals surface area contributed by atoms with Crippen molar-refractivity contribution in [3.05, 3.63) is 66.2 Å². The third-order valence-corrected chi connectivity index (χ3v) is 6.80. The van der Waals surface area contributed by atoms with E-state index in [0.29, 0.717) is 28.6 Å². The Morgan fingerprint density at radius 1 is 1.17 bits per heavy atom. The molecule has 0 bridgehead atoms. The van der Waals surface area contributed by atoms with Crippen molar-refractivity contribution in [3.63, 3.8) is 0 Å². The van der Waals surface area contributed by atoms with Crippen LogP contribution in [0.25, 0.3) is 16.6 Å². The smallest absolute Gasteiger partial charge is 0.411 e. The number of benzene rings is 1. The molecule has 4 heterocycles. The van der Waals surface area contributed by atoms with E-state index in [-0.39, 0.29) is 0 Å². The third-order valence-electron chi connectivity index (χ3n) is 6.80. The topological polar surface area (TPSA) is 112 Å². The maximum Gasteiger partial charge on any atom is 0.411 e. The van der Waals surface area contributed by atoms with Gasteiger partial charge < -0.3 is 9.84 Å². The standard InChI is InChI=1S/C26H27N7O3/c1-30(26(34)35)22-5-3-18(4-6-22)15-31-9-7-23(8-10-31)32-17-21(14-28-32)19-11-24(36-2)25-20(12-27)13-29-33(25)16-19/h3-6,11,13-14,16-17,23H,7-10,15H2,1-2H3,(H,34,35). The molecule has 10 nitrogen and oxygen atoms in total. The van der Waals surface area contributed by atoms with E-state index in [0.717, 1.165) is 43.6 Å². The second-order valence-electron chi connectivity index (χ2n) is 8.98. The number of hydrogen-bond donors (Lipinski definition) is 1. The molecule has 1 amide bonds. The van der Waals surface area contributed by atoms with Gasteiger partial charge in [-0.15, -0.1) is 0 Å². The van der Waals surface area contributed by atoms with Gasteiger partial charge in [-0.2, -0.15) is 15.5 Å². The van der Waals surface area contributed by atoms with Gasteiger partial charge in [-0.25, -0.2) is 9.31 Å². The van der Waals surface area contributed by atoms with Gasteiger partial charge in [0.05, 0.1) is 25.5 Å². The van der Waals surface area contributed by atoms with Crippen LogP contribution < -0.4 is 9.64 Å². The molecule has 0 atom stereocenters. The van der Waals surface area contributed by atoms with E-state index in [1.807, 2.05) is 47.4 Å². The van der Waals surface area contributed by atoms with E-state index in [9.17, 15) is 10.1 Å². The zero-order valence-corrected chi connectivity index (χ0v) is 20.2. The summed E-state index contributed by atoms with van der Waals surface area (Å²) >= 11 is 0. The number of anilines is 1. The highest BCUT2D eigenvalue weighted by atomic mass is 16.5. The predicted molar refractivity (Wildman–Crippen MR) is 134 cm³/mol. The molecule has 10 heteroatoms. The first kappa shape index (κ1) is 23.4. The molecule has 36 heavy (non-hydrogen) atoms. The minimum Gasteiger partial charge on any atom is -0.494 e. The van der Waals surface area contributed by atoms with Gasteiger partial charge in [-0.1, -0.05) is 12.1 Å². The Hall–Kier alpha value is -4.36. The van der Waals surface area contributed by atoms with Crippen LogP contribution >= 0.6 is 0 Å². The minimum absolute atomic E-state index is 0.321. The fourth-order valence-electron chi connectivity index (χ4n) is 4.70. The number of hydrogen-bond acceptors (Lipinski definition) is 6. The Morgan fingerprint density at radius 3 is 2.58 bits per heavy atom. The predicted octanol–water partition coefficient (Wildman–Crippen LogP) is 4.03. The molecule has 1 aromatic carbocycles. The largest absolute Gasteiger partial charge is 0.494 e. The first-order valence-electron chi connectivity index (χ1n) is 11.7. The summed E-state index contributed by atoms with van der Waals surface area (Å²) in [6, 6.07) is 12.1. The number of pyridine rings is 1. The van der Waals surface area contributed by atoms with Crippen LogP contribution in [0.5, 0.6) is 5.75 Å². The van der Waals surface area contributed by atoms with E-state index >= 15 is 0 Å².